The summed E-state index contributed by atoms with van der Waals surface area (Å²) in [4.78, 5) is 0. The van der Waals surface area contributed by atoms with E-state index in [1.165, 1.54) is 12.1 Å². The van der Waals surface area contributed by atoms with Crippen LogP contribution >= 0.6 is 0 Å². The van der Waals surface area contributed by atoms with Gasteiger partial charge >= 0.3 is 0 Å². The van der Waals surface area contributed by atoms with Gasteiger partial charge in [0.25, 0.3) is 0 Å². The van der Waals surface area contributed by atoms with Crippen LogP contribution in [-0.2, 0) is 0 Å². The van der Waals surface area contributed by atoms with Gasteiger partial charge in [0.05, 0.1) is 0 Å². The van der Waals surface area contributed by atoms with Crippen molar-refractivity contribution < 1.29 is 5.11 Å². The minimum Gasteiger partial charge on any atom is -0.508 e. The highest BCUT2D eigenvalue weighted by molar-refractivity contribution is 5.94. The first-order valence-electron chi connectivity index (χ1n) is 4.18. The van der Waals surface area contributed by atoms with E-state index in [4.69, 9.17) is 22.1 Å². The molecule has 7 N–H and O–H groups in total. The minimum atomic E-state index is 0.0139. The number of hydrogen-bond acceptors (Lipinski definition) is 4. The third-order valence-corrected chi connectivity index (χ3v) is 1.38. The Morgan fingerprint density at radius 1 is 1.43 bits per heavy atom. The molecule has 0 aliphatic carbocycles. The maximum Gasteiger partial charge on any atom is 0.122 e. The first kappa shape index (κ1) is 12.4. The van der Waals surface area contributed by atoms with Gasteiger partial charge in [0.15, 0.2) is 0 Å². The van der Waals surface area contributed by atoms with E-state index in [0.29, 0.717) is 5.56 Å². The van der Waals surface area contributed by atoms with Gasteiger partial charge in [0.1, 0.15) is 11.6 Å². The van der Waals surface area contributed by atoms with Crippen LogP contribution in [0.2, 0.25) is 0 Å². The first-order chi connectivity index (χ1) is 6.61. The third-order valence-electron chi connectivity index (χ3n) is 1.38. The molecule has 5 heteroatoms. The second-order valence-corrected chi connectivity index (χ2v) is 2.52. The van der Waals surface area contributed by atoms with Gasteiger partial charge in [0.2, 0.25) is 0 Å². The van der Waals surface area contributed by atoms with Gasteiger partial charge in [-0.25, -0.2) is 0 Å². The first-order valence-corrected chi connectivity index (χ1v) is 4.18. The van der Waals surface area contributed by atoms with Crippen molar-refractivity contribution in [1.29, 1.82) is 5.41 Å². The fourth-order valence-corrected chi connectivity index (χ4v) is 0.641. The van der Waals surface area contributed by atoms with Crippen molar-refractivity contribution in [3.63, 3.8) is 0 Å². The number of hydrogen-bond donors (Lipinski definition) is 5. The lowest BCUT2D eigenvalue weighted by molar-refractivity contribution is 0.475. The molecule has 0 radical (unpaired) electrons. The smallest absolute Gasteiger partial charge is 0.122 e. The van der Waals surface area contributed by atoms with Crippen molar-refractivity contribution in [2.45, 2.75) is 6.92 Å². The molecule has 0 amide bonds. The van der Waals surface area contributed by atoms with Crippen LogP contribution in [0, 0.1) is 5.41 Å². The molecule has 0 heterocycles. The van der Waals surface area contributed by atoms with Gasteiger partial charge in [-0.3, -0.25) is 16.7 Å². The highest BCUT2D eigenvalue weighted by Crippen LogP contribution is 2.08. The number of hydrazine groups is 1. The highest BCUT2D eigenvalue weighted by atomic mass is 16.3. The van der Waals surface area contributed by atoms with Crippen LogP contribution in [0.15, 0.2) is 24.3 Å². The quantitative estimate of drug-likeness (QED) is 0.201. The summed E-state index contributed by atoms with van der Waals surface area (Å²) in [5, 5.41) is 15.8. The molecule has 0 aliphatic heterocycles. The SMILES string of the molecule is CCNN.N=C(N)c1ccc(O)cc1. The van der Waals surface area contributed by atoms with Crippen molar-refractivity contribution in [1.82, 2.24) is 5.43 Å². The molecule has 0 aromatic heterocycles. The molecule has 1 aromatic rings. The number of nitrogens with two attached hydrogens (primary N) is 2. The summed E-state index contributed by atoms with van der Waals surface area (Å²) in [6.07, 6.45) is 0. The number of aromatic hydroxyl groups is 1. The Bertz CT molecular complexity index is 269. The molecule has 0 saturated carbocycles. The third kappa shape index (κ3) is 5.13. The van der Waals surface area contributed by atoms with Crippen molar-refractivity contribution >= 4 is 5.84 Å². The lowest BCUT2D eigenvalue weighted by Gasteiger charge is -1.95. The van der Waals surface area contributed by atoms with Gasteiger partial charge < -0.3 is 10.8 Å². The van der Waals surface area contributed by atoms with Crippen molar-refractivity contribution in [2.24, 2.45) is 11.6 Å². The molecule has 14 heavy (non-hydrogen) atoms. The molecule has 5 nitrogen and oxygen atoms in total. The number of amidine groups is 1. The number of nitrogens with one attached hydrogen (secondary N) is 2. The molecule has 1 aromatic carbocycles. The monoisotopic (exact) mass is 196 g/mol. The lowest BCUT2D eigenvalue weighted by atomic mass is 10.2. The number of phenols is 1. The van der Waals surface area contributed by atoms with E-state index in [-0.39, 0.29) is 11.6 Å². The average molecular weight is 196 g/mol. The summed E-state index contributed by atoms with van der Waals surface area (Å²) < 4.78 is 0. The van der Waals surface area contributed by atoms with Gasteiger partial charge in [0, 0.05) is 12.1 Å². The molecule has 0 aliphatic rings. The normalized spacial score (nSPS) is 8.71. The summed E-state index contributed by atoms with van der Waals surface area (Å²) >= 11 is 0. The van der Waals surface area contributed by atoms with E-state index in [0.717, 1.165) is 6.54 Å². The maximum absolute atomic E-state index is 8.83. The van der Waals surface area contributed by atoms with Gasteiger partial charge in [-0.15, -0.1) is 0 Å². The van der Waals surface area contributed by atoms with Gasteiger partial charge in [-0.05, 0) is 24.3 Å². The molecule has 0 saturated heterocycles. The summed E-state index contributed by atoms with van der Waals surface area (Å²) in [6.45, 7) is 2.79. The minimum absolute atomic E-state index is 0.0139. The summed E-state index contributed by atoms with van der Waals surface area (Å²) in [6, 6.07) is 6.18. The van der Waals surface area contributed by atoms with Gasteiger partial charge in [-0.2, -0.15) is 0 Å². The van der Waals surface area contributed by atoms with Crippen molar-refractivity contribution in [2.75, 3.05) is 6.54 Å². The molecule has 1 rings (SSSR count). The summed E-state index contributed by atoms with van der Waals surface area (Å²) in [7, 11) is 0. The number of nitrogen functional groups attached to an aromatic ring is 1. The molecular weight excluding hydrogens is 180 g/mol. The molecule has 0 bridgehead atoms. The largest absolute Gasteiger partial charge is 0.508 e. The Kier molecular flexibility index (Phi) is 6.09. The Morgan fingerprint density at radius 2 is 1.86 bits per heavy atom. The van der Waals surface area contributed by atoms with Crippen LogP contribution in [0.5, 0.6) is 5.75 Å². The predicted molar refractivity (Wildman–Crippen MR) is 57.0 cm³/mol. The second-order valence-electron chi connectivity index (χ2n) is 2.52. The van der Waals surface area contributed by atoms with Crippen LogP contribution < -0.4 is 17.0 Å². The maximum atomic E-state index is 8.83. The van der Waals surface area contributed by atoms with Crippen LogP contribution in [0.1, 0.15) is 12.5 Å². The lowest BCUT2D eigenvalue weighted by Crippen LogP contribution is -2.20. The fraction of sp³-hybridized carbons (Fsp3) is 0.222. The number of benzene rings is 1. The predicted octanol–water partition coefficient (Wildman–Crippen LogP) is 0.146. The standard InChI is InChI=1S/C7H8N2O.C2H8N2/c8-7(9)5-1-3-6(10)4-2-5;1-2-4-3/h1-4,10H,(H3,8,9);4H,2-3H2,1H3. The average Bonchev–Trinajstić information content (AvgIpc) is 2.19. The fourth-order valence-electron chi connectivity index (χ4n) is 0.641. The molecule has 0 fully saturated rings. The van der Waals surface area contributed by atoms with Gasteiger partial charge in [-0.1, -0.05) is 6.92 Å². The Balaban J connectivity index is 0.000000364. The van der Waals surface area contributed by atoms with Crippen LogP contribution in [0.4, 0.5) is 0 Å². The molecule has 0 unspecified atom stereocenters. The molecule has 0 spiro atoms. The molecular formula is C9H16N4O. The van der Waals surface area contributed by atoms with E-state index >= 15 is 0 Å². The zero-order chi connectivity index (χ0) is 11.0. The second kappa shape index (κ2) is 6.88. The summed E-state index contributed by atoms with van der Waals surface area (Å²) in [5.74, 6) is 4.98. The Labute approximate surface area is 83.2 Å². The van der Waals surface area contributed by atoms with E-state index in [2.05, 4.69) is 5.43 Å². The van der Waals surface area contributed by atoms with E-state index in [9.17, 15) is 0 Å². The number of phenolic OH excluding ortho intramolecular Hbond substituents is 1. The van der Waals surface area contributed by atoms with Crippen LogP contribution in [-0.4, -0.2) is 17.5 Å². The Morgan fingerprint density at radius 3 is 2.14 bits per heavy atom. The summed E-state index contributed by atoms with van der Waals surface area (Å²) in [5.41, 5.74) is 8.22. The molecule has 78 valence electrons. The van der Waals surface area contributed by atoms with Crippen LogP contribution in [0.25, 0.3) is 0 Å². The van der Waals surface area contributed by atoms with Crippen molar-refractivity contribution in [3.05, 3.63) is 29.8 Å². The number of rotatable bonds is 2. The van der Waals surface area contributed by atoms with E-state index < -0.39 is 0 Å². The topological polar surface area (TPSA) is 108 Å². The highest BCUT2D eigenvalue weighted by Gasteiger charge is 1.93. The Hall–Kier alpha value is -1.59. The zero-order valence-corrected chi connectivity index (χ0v) is 8.12. The van der Waals surface area contributed by atoms with E-state index in [1.807, 2.05) is 6.92 Å². The molecule has 0 atom stereocenters. The van der Waals surface area contributed by atoms with Crippen molar-refractivity contribution in [3.8, 4) is 5.75 Å². The van der Waals surface area contributed by atoms with E-state index in [1.54, 1.807) is 12.1 Å². The zero-order valence-electron chi connectivity index (χ0n) is 8.12. The van der Waals surface area contributed by atoms with Crippen LogP contribution in [0.3, 0.4) is 0 Å².